The Morgan fingerprint density at radius 3 is 3.00 bits per heavy atom. The first-order valence-electron chi connectivity index (χ1n) is 8.30. The van der Waals surface area contributed by atoms with E-state index in [0.717, 1.165) is 30.7 Å². The van der Waals surface area contributed by atoms with Crippen LogP contribution in [0.3, 0.4) is 0 Å². The second-order valence-electron chi connectivity index (χ2n) is 6.13. The number of hydrogen-bond donors (Lipinski definition) is 1. The number of thiophene rings is 1. The number of rotatable bonds is 7. The van der Waals surface area contributed by atoms with Crippen LogP contribution < -0.4 is 5.32 Å². The van der Waals surface area contributed by atoms with Crippen LogP contribution in [0.2, 0.25) is 0 Å². The van der Waals surface area contributed by atoms with Gasteiger partial charge in [-0.05, 0) is 44.6 Å². The molecule has 0 spiro atoms. The summed E-state index contributed by atoms with van der Waals surface area (Å²) >= 11 is 1.45. The van der Waals surface area contributed by atoms with E-state index in [4.69, 9.17) is 4.74 Å². The molecule has 0 bridgehead atoms. The highest BCUT2D eigenvalue weighted by molar-refractivity contribution is 7.12. The van der Waals surface area contributed by atoms with Crippen LogP contribution in [-0.4, -0.2) is 49.1 Å². The summed E-state index contributed by atoms with van der Waals surface area (Å²) in [4.78, 5) is 27.2. The van der Waals surface area contributed by atoms with Crippen molar-refractivity contribution in [1.82, 2.24) is 10.2 Å². The molecule has 1 aliphatic rings. The largest absolute Gasteiger partial charge is 0.379 e. The van der Waals surface area contributed by atoms with Crippen molar-refractivity contribution in [3.63, 3.8) is 0 Å². The Hall–Kier alpha value is -1.40. The minimum Gasteiger partial charge on any atom is -0.379 e. The molecule has 0 aliphatic carbocycles. The Morgan fingerprint density at radius 1 is 1.48 bits per heavy atom. The summed E-state index contributed by atoms with van der Waals surface area (Å²) in [5.41, 5.74) is 0. The number of hydrogen-bond acceptors (Lipinski definition) is 4. The van der Waals surface area contributed by atoms with Crippen LogP contribution in [0.5, 0.6) is 0 Å². The van der Waals surface area contributed by atoms with E-state index < -0.39 is 0 Å². The first-order chi connectivity index (χ1) is 11.1. The summed E-state index contributed by atoms with van der Waals surface area (Å²) in [6.07, 6.45) is 2.77. The molecule has 1 aliphatic heterocycles. The minimum absolute atomic E-state index is 0.0443. The quantitative estimate of drug-likeness (QED) is 0.777. The van der Waals surface area contributed by atoms with Crippen molar-refractivity contribution in [2.75, 3.05) is 26.2 Å². The van der Waals surface area contributed by atoms with Crippen LogP contribution in [0.1, 0.15) is 42.8 Å². The molecule has 2 rings (SSSR count). The van der Waals surface area contributed by atoms with E-state index in [-0.39, 0.29) is 23.8 Å². The highest BCUT2D eigenvalue weighted by Crippen LogP contribution is 2.20. The summed E-state index contributed by atoms with van der Waals surface area (Å²) in [7, 11) is 0. The van der Waals surface area contributed by atoms with Crippen LogP contribution >= 0.6 is 11.3 Å². The topological polar surface area (TPSA) is 58.6 Å². The van der Waals surface area contributed by atoms with Gasteiger partial charge in [0.25, 0.3) is 5.91 Å². The van der Waals surface area contributed by atoms with E-state index in [9.17, 15) is 9.59 Å². The average Bonchev–Trinajstić information content (AvgIpc) is 3.08. The predicted octanol–water partition coefficient (Wildman–Crippen LogP) is 2.53. The van der Waals surface area contributed by atoms with Gasteiger partial charge in [-0.2, -0.15) is 0 Å². The Labute approximate surface area is 142 Å². The van der Waals surface area contributed by atoms with E-state index in [0.29, 0.717) is 19.7 Å². The van der Waals surface area contributed by atoms with Crippen LogP contribution in [0.25, 0.3) is 0 Å². The summed E-state index contributed by atoms with van der Waals surface area (Å²) in [5, 5.41) is 4.87. The second kappa shape index (κ2) is 9.03. The van der Waals surface area contributed by atoms with Gasteiger partial charge in [0.15, 0.2) is 0 Å². The molecule has 6 heteroatoms. The van der Waals surface area contributed by atoms with E-state index >= 15 is 0 Å². The van der Waals surface area contributed by atoms with Crippen LogP contribution in [0, 0.1) is 5.92 Å². The fourth-order valence-corrected chi connectivity index (χ4v) is 3.37. The summed E-state index contributed by atoms with van der Waals surface area (Å²) in [6.45, 7) is 6.54. The summed E-state index contributed by atoms with van der Waals surface area (Å²) < 4.78 is 5.46. The van der Waals surface area contributed by atoms with Gasteiger partial charge in [0.1, 0.15) is 0 Å². The average molecular weight is 338 g/mol. The van der Waals surface area contributed by atoms with Gasteiger partial charge in [0.05, 0.1) is 16.9 Å². The zero-order chi connectivity index (χ0) is 16.7. The molecule has 1 atom stereocenters. The molecule has 0 unspecified atom stereocenters. The number of ether oxygens (including phenoxy) is 1. The third-order valence-electron chi connectivity index (χ3n) is 3.88. The molecule has 0 saturated carbocycles. The van der Waals surface area contributed by atoms with Crippen LogP contribution in [0.15, 0.2) is 17.5 Å². The number of nitrogens with zero attached hydrogens (tertiary/aromatic N) is 1. The van der Waals surface area contributed by atoms with Gasteiger partial charge in [-0.3, -0.25) is 9.59 Å². The van der Waals surface area contributed by atoms with Crippen molar-refractivity contribution < 1.29 is 14.3 Å². The Balaban J connectivity index is 1.74. The molecule has 1 saturated heterocycles. The highest BCUT2D eigenvalue weighted by Gasteiger charge is 2.28. The van der Waals surface area contributed by atoms with Crippen molar-refractivity contribution in [3.8, 4) is 0 Å². The second-order valence-corrected chi connectivity index (χ2v) is 7.08. The smallest absolute Gasteiger partial charge is 0.263 e. The molecule has 2 heterocycles. The maximum Gasteiger partial charge on any atom is 0.263 e. The zero-order valence-electron chi connectivity index (χ0n) is 13.9. The lowest BCUT2D eigenvalue weighted by Crippen LogP contribution is -2.45. The van der Waals surface area contributed by atoms with Crippen molar-refractivity contribution in [2.45, 2.75) is 39.2 Å². The van der Waals surface area contributed by atoms with Crippen molar-refractivity contribution in [2.24, 2.45) is 5.92 Å². The number of amides is 2. The summed E-state index contributed by atoms with van der Waals surface area (Å²) in [6, 6.07) is 3.72. The lowest BCUT2D eigenvalue weighted by atomic mass is 9.97. The van der Waals surface area contributed by atoms with Gasteiger partial charge < -0.3 is 15.0 Å². The monoisotopic (exact) mass is 338 g/mol. The van der Waals surface area contributed by atoms with Gasteiger partial charge in [-0.15, -0.1) is 11.3 Å². The number of likely N-dealkylation sites (tertiary alicyclic amines) is 1. The van der Waals surface area contributed by atoms with E-state index in [1.54, 1.807) is 4.90 Å². The zero-order valence-corrected chi connectivity index (χ0v) is 14.7. The normalized spacial score (nSPS) is 18.2. The Morgan fingerprint density at radius 2 is 2.30 bits per heavy atom. The molecule has 2 amide bonds. The van der Waals surface area contributed by atoms with Crippen molar-refractivity contribution in [1.29, 1.82) is 0 Å². The first-order valence-corrected chi connectivity index (χ1v) is 9.18. The summed E-state index contributed by atoms with van der Waals surface area (Å²) in [5.74, 6) is -0.000241. The molecule has 128 valence electrons. The lowest BCUT2D eigenvalue weighted by Gasteiger charge is -2.31. The predicted molar refractivity (Wildman–Crippen MR) is 91.7 cm³/mol. The molecule has 5 nitrogen and oxygen atoms in total. The van der Waals surface area contributed by atoms with Gasteiger partial charge in [0, 0.05) is 26.2 Å². The maximum atomic E-state index is 12.4. The van der Waals surface area contributed by atoms with Gasteiger partial charge in [0.2, 0.25) is 5.91 Å². The van der Waals surface area contributed by atoms with Crippen molar-refractivity contribution >= 4 is 23.2 Å². The van der Waals surface area contributed by atoms with Gasteiger partial charge in [-0.25, -0.2) is 0 Å². The Kier molecular flexibility index (Phi) is 7.05. The van der Waals surface area contributed by atoms with Gasteiger partial charge in [-0.1, -0.05) is 6.07 Å². The number of carbonyl (C=O) groups excluding carboxylic acids is 2. The van der Waals surface area contributed by atoms with E-state index in [1.165, 1.54) is 11.3 Å². The molecule has 0 radical (unpaired) electrons. The van der Waals surface area contributed by atoms with E-state index in [2.05, 4.69) is 5.32 Å². The van der Waals surface area contributed by atoms with Crippen molar-refractivity contribution in [3.05, 3.63) is 22.4 Å². The molecule has 1 fully saturated rings. The SMILES string of the molecule is CC(C)OCCCNC(=O)[C@@H]1CCCN(C(=O)c2cccs2)C1. The number of piperidine rings is 1. The Bertz CT molecular complexity index is 502. The third kappa shape index (κ3) is 5.62. The molecule has 1 N–H and O–H groups in total. The molecule has 1 aromatic heterocycles. The van der Waals surface area contributed by atoms with Gasteiger partial charge >= 0.3 is 0 Å². The number of carbonyl (C=O) groups is 2. The molecule has 1 aromatic rings. The third-order valence-corrected chi connectivity index (χ3v) is 4.74. The molecular weight excluding hydrogens is 312 g/mol. The lowest BCUT2D eigenvalue weighted by molar-refractivity contribution is -0.126. The molecule has 23 heavy (non-hydrogen) atoms. The fraction of sp³-hybridized carbons (Fsp3) is 0.647. The number of nitrogens with one attached hydrogen (secondary N) is 1. The maximum absolute atomic E-state index is 12.4. The minimum atomic E-state index is -0.0984. The van der Waals surface area contributed by atoms with Crippen LogP contribution in [-0.2, 0) is 9.53 Å². The fourth-order valence-electron chi connectivity index (χ4n) is 2.68. The first kappa shape index (κ1) is 17.9. The standard InChI is InChI=1S/C17H26N2O3S/c1-13(2)22-10-5-8-18-16(20)14-6-3-9-19(12-14)17(21)15-7-4-11-23-15/h4,7,11,13-14H,3,5-6,8-10,12H2,1-2H3,(H,18,20)/t14-/m1/s1. The van der Waals surface area contributed by atoms with Crippen LogP contribution in [0.4, 0.5) is 0 Å². The molecular formula is C17H26N2O3S. The molecule has 0 aromatic carbocycles. The van der Waals surface area contributed by atoms with E-state index in [1.807, 2.05) is 31.4 Å². The highest BCUT2D eigenvalue weighted by atomic mass is 32.1.